The molecule has 0 saturated carbocycles. The molecule has 1 aromatic heterocycles. The lowest BCUT2D eigenvalue weighted by atomic mass is 9.99. The Morgan fingerprint density at radius 1 is 1.15 bits per heavy atom. The Morgan fingerprint density at radius 2 is 2.00 bits per heavy atom. The van der Waals surface area contributed by atoms with Gasteiger partial charge in [0.1, 0.15) is 0 Å². The van der Waals surface area contributed by atoms with Crippen molar-refractivity contribution < 1.29 is 9.47 Å². The fourth-order valence-corrected chi connectivity index (χ4v) is 3.73. The molecule has 4 nitrogen and oxygen atoms in total. The van der Waals surface area contributed by atoms with Crippen molar-refractivity contribution in [2.45, 2.75) is 18.8 Å². The summed E-state index contributed by atoms with van der Waals surface area (Å²) in [4.78, 5) is 4.82. The van der Waals surface area contributed by atoms with Gasteiger partial charge in [-0.05, 0) is 44.1 Å². The van der Waals surface area contributed by atoms with E-state index in [2.05, 4.69) is 16.8 Å². The molecule has 1 fully saturated rings. The smallest absolute Gasteiger partial charge is 0.231 e. The van der Waals surface area contributed by atoms with E-state index in [1.54, 1.807) is 11.3 Å². The van der Waals surface area contributed by atoms with Crippen molar-refractivity contribution in [1.29, 1.82) is 0 Å². The summed E-state index contributed by atoms with van der Waals surface area (Å²) >= 11 is 1.77. The summed E-state index contributed by atoms with van der Waals surface area (Å²) in [7, 11) is 0. The maximum atomic E-state index is 5.43. The third kappa shape index (κ3) is 2.17. The number of nitrogens with one attached hydrogen (secondary N) is 1. The summed E-state index contributed by atoms with van der Waals surface area (Å²) in [5.41, 5.74) is 2.15. The van der Waals surface area contributed by atoms with Crippen LogP contribution >= 0.6 is 11.3 Å². The van der Waals surface area contributed by atoms with E-state index in [-0.39, 0.29) is 0 Å². The minimum absolute atomic E-state index is 0.316. The zero-order valence-electron chi connectivity index (χ0n) is 11.1. The van der Waals surface area contributed by atoms with E-state index in [9.17, 15) is 0 Å². The summed E-state index contributed by atoms with van der Waals surface area (Å²) in [6.45, 7) is 2.52. The maximum absolute atomic E-state index is 5.43. The van der Waals surface area contributed by atoms with Crippen molar-refractivity contribution in [3.8, 4) is 22.8 Å². The Kier molecular flexibility index (Phi) is 3.09. The van der Waals surface area contributed by atoms with E-state index < -0.39 is 0 Å². The largest absolute Gasteiger partial charge is 0.454 e. The molecule has 1 saturated heterocycles. The molecule has 104 valence electrons. The van der Waals surface area contributed by atoms with Gasteiger partial charge < -0.3 is 14.8 Å². The number of rotatable bonds is 2. The molecule has 3 heterocycles. The molecule has 1 N–H and O–H groups in total. The molecule has 4 rings (SSSR count). The van der Waals surface area contributed by atoms with Crippen LogP contribution < -0.4 is 14.8 Å². The van der Waals surface area contributed by atoms with Crippen LogP contribution in [0.1, 0.15) is 23.8 Å². The van der Waals surface area contributed by atoms with Crippen molar-refractivity contribution in [3.63, 3.8) is 0 Å². The van der Waals surface area contributed by atoms with Gasteiger partial charge in [0.05, 0.1) is 10.7 Å². The molecule has 2 aromatic rings. The van der Waals surface area contributed by atoms with Gasteiger partial charge in [-0.2, -0.15) is 0 Å². The first-order valence-electron chi connectivity index (χ1n) is 6.96. The second-order valence-electron chi connectivity index (χ2n) is 5.16. The van der Waals surface area contributed by atoms with Gasteiger partial charge in [0, 0.05) is 16.9 Å². The van der Waals surface area contributed by atoms with Gasteiger partial charge >= 0.3 is 0 Å². The zero-order chi connectivity index (χ0) is 13.4. The second kappa shape index (κ2) is 5.07. The fraction of sp³-hybridized carbons (Fsp3) is 0.400. The first-order valence-corrected chi connectivity index (χ1v) is 7.84. The van der Waals surface area contributed by atoms with E-state index in [0.717, 1.165) is 35.8 Å². The predicted octanol–water partition coefficient (Wildman–Crippen LogP) is 3.01. The first-order chi connectivity index (χ1) is 9.90. The highest BCUT2D eigenvalue weighted by atomic mass is 32.1. The SMILES string of the molecule is c1cc2c(cc1-c1csc(C3CCNCC3)n1)OCO2. The van der Waals surface area contributed by atoms with Crippen LogP contribution in [0.5, 0.6) is 11.5 Å². The summed E-state index contributed by atoms with van der Waals surface area (Å²) in [5, 5.41) is 6.81. The van der Waals surface area contributed by atoms with E-state index in [1.165, 1.54) is 17.8 Å². The quantitative estimate of drug-likeness (QED) is 0.922. The van der Waals surface area contributed by atoms with Crippen LogP contribution in [0.3, 0.4) is 0 Å². The van der Waals surface area contributed by atoms with Crippen LogP contribution in [-0.2, 0) is 0 Å². The van der Waals surface area contributed by atoms with Crippen molar-refractivity contribution in [2.24, 2.45) is 0 Å². The molecule has 2 aliphatic heterocycles. The van der Waals surface area contributed by atoms with Gasteiger partial charge in [-0.3, -0.25) is 0 Å². The number of benzene rings is 1. The van der Waals surface area contributed by atoms with Gasteiger partial charge in [0.15, 0.2) is 11.5 Å². The van der Waals surface area contributed by atoms with Gasteiger partial charge in [-0.15, -0.1) is 11.3 Å². The highest BCUT2D eigenvalue weighted by Crippen LogP contribution is 2.37. The average Bonchev–Trinajstić information content (AvgIpc) is 3.16. The monoisotopic (exact) mass is 288 g/mol. The van der Waals surface area contributed by atoms with Crippen LogP contribution in [0.2, 0.25) is 0 Å². The van der Waals surface area contributed by atoms with Gasteiger partial charge in [0.2, 0.25) is 6.79 Å². The number of thiazole rings is 1. The predicted molar refractivity (Wildman–Crippen MR) is 78.5 cm³/mol. The number of hydrogen-bond acceptors (Lipinski definition) is 5. The van der Waals surface area contributed by atoms with E-state index in [4.69, 9.17) is 14.5 Å². The van der Waals surface area contributed by atoms with Crippen LogP contribution in [-0.4, -0.2) is 24.9 Å². The Bertz CT molecular complexity index is 620. The lowest BCUT2D eigenvalue weighted by Crippen LogP contribution is -2.26. The number of nitrogens with zero attached hydrogens (tertiary/aromatic N) is 1. The number of piperidine rings is 1. The fourth-order valence-electron chi connectivity index (χ4n) is 2.73. The van der Waals surface area contributed by atoms with Crippen LogP contribution in [0.15, 0.2) is 23.6 Å². The number of fused-ring (bicyclic) bond motifs is 1. The summed E-state index contributed by atoms with van der Waals surface area (Å²) < 4.78 is 10.8. The topological polar surface area (TPSA) is 43.4 Å². The van der Waals surface area contributed by atoms with Gasteiger partial charge in [0.25, 0.3) is 0 Å². The molecule has 0 amide bonds. The molecule has 0 radical (unpaired) electrons. The second-order valence-corrected chi connectivity index (χ2v) is 6.05. The molecular weight excluding hydrogens is 272 g/mol. The van der Waals surface area contributed by atoms with Crippen molar-refractivity contribution in [1.82, 2.24) is 10.3 Å². The highest BCUT2D eigenvalue weighted by Gasteiger charge is 2.20. The lowest BCUT2D eigenvalue weighted by Gasteiger charge is -2.20. The Morgan fingerprint density at radius 3 is 2.90 bits per heavy atom. The maximum Gasteiger partial charge on any atom is 0.231 e. The first kappa shape index (κ1) is 12.2. The van der Waals surface area contributed by atoms with Gasteiger partial charge in [-0.25, -0.2) is 4.98 Å². The lowest BCUT2D eigenvalue weighted by molar-refractivity contribution is 0.174. The van der Waals surface area contributed by atoms with E-state index >= 15 is 0 Å². The van der Waals surface area contributed by atoms with Crippen molar-refractivity contribution in [3.05, 3.63) is 28.6 Å². The third-order valence-electron chi connectivity index (χ3n) is 3.88. The molecule has 1 aromatic carbocycles. The van der Waals surface area contributed by atoms with Crippen LogP contribution in [0.25, 0.3) is 11.3 Å². The number of hydrogen-bond donors (Lipinski definition) is 1. The molecule has 20 heavy (non-hydrogen) atoms. The minimum Gasteiger partial charge on any atom is -0.454 e. The average molecular weight is 288 g/mol. The zero-order valence-corrected chi connectivity index (χ0v) is 11.9. The highest BCUT2D eigenvalue weighted by molar-refractivity contribution is 7.10. The standard InChI is InChI=1S/C15H16N2O2S/c1-2-13-14(19-9-18-13)7-11(1)12-8-20-15(17-12)10-3-5-16-6-4-10/h1-2,7-8,10,16H,3-6,9H2. The van der Waals surface area contributed by atoms with Crippen LogP contribution in [0.4, 0.5) is 0 Å². The molecule has 0 spiro atoms. The van der Waals surface area contributed by atoms with Crippen molar-refractivity contribution >= 4 is 11.3 Å². The normalized spacial score (nSPS) is 18.4. The van der Waals surface area contributed by atoms with Gasteiger partial charge in [-0.1, -0.05) is 0 Å². The van der Waals surface area contributed by atoms with Crippen LogP contribution in [0, 0.1) is 0 Å². The third-order valence-corrected chi connectivity index (χ3v) is 4.89. The van der Waals surface area contributed by atoms with E-state index in [0.29, 0.717) is 12.7 Å². The molecule has 0 bridgehead atoms. The molecule has 0 aliphatic carbocycles. The summed E-state index contributed by atoms with van der Waals surface area (Å²) in [6.07, 6.45) is 2.38. The molecule has 0 atom stereocenters. The Balaban J connectivity index is 1.61. The van der Waals surface area contributed by atoms with Crippen molar-refractivity contribution in [2.75, 3.05) is 19.9 Å². The molecular formula is C15H16N2O2S. The summed E-state index contributed by atoms with van der Waals surface area (Å²) in [5.74, 6) is 2.26. The Labute approximate surface area is 121 Å². The van der Waals surface area contributed by atoms with E-state index in [1.807, 2.05) is 12.1 Å². The number of aromatic nitrogens is 1. The molecule has 2 aliphatic rings. The Hall–Kier alpha value is -1.59. The minimum atomic E-state index is 0.316. The molecule has 5 heteroatoms. The molecule has 0 unspecified atom stereocenters. The summed E-state index contributed by atoms with van der Waals surface area (Å²) in [6, 6.07) is 6.03. The number of ether oxygens (including phenoxy) is 2.